The molecule has 3 rings (SSSR count). The van der Waals surface area contributed by atoms with E-state index in [0.29, 0.717) is 5.88 Å². The second-order valence-electron chi connectivity index (χ2n) is 4.66. The third kappa shape index (κ3) is 2.62. The van der Waals surface area contributed by atoms with Crippen molar-refractivity contribution in [2.45, 2.75) is 6.54 Å². The fourth-order valence-corrected chi connectivity index (χ4v) is 2.66. The number of hydrogen-bond donors (Lipinski definition) is 1. The van der Waals surface area contributed by atoms with Gasteiger partial charge in [0.05, 0.1) is 23.1 Å². The Morgan fingerprint density at radius 1 is 1.00 bits per heavy atom. The van der Waals surface area contributed by atoms with E-state index >= 15 is 0 Å². The Bertz CT molecular complexity index is 638. The molecule has 102 valence electrons. The summed E-state index contributed by atoms with van der Waals surface area (Å²) in [7, 11) is 0. The van der Waals surface area contributed by atoms with Crippen molar-refractivity contribution < 1.29 is 0 Å². The summed E-state index contributed by atoms with van der Waals surface area (Å²) in [5.41, 5.74) is 7.59. The van der Waals surface area contributed by atoms with Crippen LogP contribution in [0.4, 0.5) is 5.69 Å². The number of nitrogens with one attached hydrogen (secondary N) is 1. The van der Waals surface area contributed by atoms with Crippen LogP contribution in [0.1, 0.15) is 11.1 Å². The third-order valence-corrected chi connectivity index (χ3v) is 3.86. The first kappa shape index (κ1) is 13.3. The smallest absolute Gasteiger partial charge is 0.0663 e. The van der Waals surface area contributed by atoms with Gasteiger partial charge < -0.3 is 5.43 Å². The molecule has 0 aromatic heterocycles. The largest absolute Gasteiger partial charge is 0.301 e. The Hall–Kier alpha value is -1.64. The van der Waals surface area contributed by atoms with Crippen molar-refractivity contribution in [3.05, 3.63) is 70.4 Å². The number of benzene rings is 2. The molecule has 20 heavy (non-hydrogen) atoms. The number of hydrazine groups is 1. The van der Waals surface area contributed by atoms with Gasteiger partial charge in [0.25, 0.3) is 0 Å². The molecule has 1 aliphatic heterocycles. The highest BCUT2D eigenvalue weighted by molar-refractivity contribution is 6.32. The molecular weight excluding hydrogens is 291 g/mol. The molecule has 1 aliphatic rings. The average Bonchev–Trinajstić information content (AvgIpc) is 2.49. The lowest BCUT2D eigenvalue weighted by Gasteiger charge is -2.32. The summed E-state index contributed by atoms with van der Waals surface area (Å²) < 4.78 is 0. The van der Waals surface area contributed by atoms with Crippen LogP contribution >= 0.6 is 23.2 Å². The molecule has 0 amide bonds. The molecule has 1 N–H and O–H groups in total. The molecule has 0 saturated heterocycles. The maximum absolute atomic E-state index is 6.29. The lowest BCUT2D eigenvalue weighted by molar-refractivity contribution is 0.698. The van der Waals surface area contributed by atoms with Crippen molar-refractivity contribution in [1.29, 1.82) is 0 Å². The molecular formula is C16H14Cl2N2. The standard InChI is InChI=1S/C16H14Cl2N2/c17-10-13-9-14-15(18)7-4-8-16(14)20(19-13)11-12-5-2-1-3-6-12/h1-9,19H,10-11H2. The molecule has 0 radical (unpaired) electrons. The summed E-state index contributed by atoms with van der Waals surface area (Å²) in [5.74, 6) is 0.427. The highest BCUT2D eigenvalue weighted by atomic mass is 35.5. The van der Waals surface area contributed by atoms with Crippen molar-refractivity contribution in [3.8, 4) is 0 Å². The fourth-order valence-electron chi connectivity index (χ4n) is 2.30. The Morgan fingerprint density at radius 2 is 1.80 bits per heavy atom. The summed E-state index contributed by atoms with van der Waals surface area (Å²) in [5, 5.41) is 2.82. The van der Waals surface area contributed by atoms with Crippen LogP contribution in [0.5, 0.6) is 0 Å². The van der Waals surface area contributed by atoms with Gasteiger partial charge >= 0.3 is 0 Å². The van der Waals surface area contributed by atoms with E-state index in [1.807, 2.05) is 36.4 Å². The topological polar surface area (TPSA) is 15.3 Å². The van der Waals surface area contributed by atoms with Crippen LogP contribution in [0.3, 0.4) is 0 Å². The zero-order valence-corrected chi connectivity index (χ0v) is 12.3. The van der Waals surface area contributed by atoms with Crippen LogP contribution in [0.15, 0.2) is 54.2 Å². The monoisotopic (exact) mass is 304 g/mol. The van der Waals surface area contributed by atoms with Gasteiger partial charge in [0, 0.05) is 11.3 Å². The first-order valence-corrected chi connectivity index (χ1v) is 7.32. The predicted molar refractivity (Wildman–Crippen MR) is 85.9 cm³/mol. The third-order valence-electron chi connectivity index (χ3n) is 3.25. The van der Waals surface area contributed by atoms with Crippen LogP contribution in [-0.4, -0.2) is 5.88 Å². The van der Waals surface area contributed by atoms with E-state index in [0.717, 1.165) is 28.5 Å². The molecule has 0 aliphatic carbocycles. The van der Waals surface area contributed by atoms with Crippen molar-refractivity contribution in [2.24, 2.45) is 0 Å². The highest BCUT2D eigenvalue weighted by Gasteiger charge is 2.18. The van der Waals surface area contributed by atoms with Crippen molar-refractivity contribution in [1.82, 2.24) is 5.43 Å². The number of fused-ring (bicyclic) bond motifs is 1. The Balaban J connectivity index is 1.97. The van der Waals surface area contributed by atoms with Gasteiger partial charge in [-0.1, -0.05) is 48.0 Å². The number of halogens is 2. The lowest BCUT2D eigenvalue weighted by Crippen LogP contribution is -2.40. The molecule has 0 saturated carbocycles. The molecule has 0 spiro atoms. The zero-order chi connectivity index (χ0) is 13.9. The molecule has 0 bridgehead atoms. The molecule has 4 heteroatoms. The van der Waals surface area contributed by atoms with Crippen molar-refractivity contribution >= 4 is 35.0 Å². The van der Waals surface area contributed by atoms with Gasteiger partial charge in [0.1, 0.15) is 0 Å². The van der Waals surface area contributed by atoms with Gasteiger partial charge in [0.15, 0.2) is 0 Å². The van der Waals surface area contributed by atoms with E-state index in [-0.39, 0.29) is 0 Å². The number of rotatable bonds is 3. The summed E-state index contributed by atoms with van der Waals surface area (Å²) in [4.78, 5) is 0. The van der Waals surface area contributed by atoms with Crippen molar-refractivity contribution in [2.75, 3.05) is 10.9 Å². The Labute approximate surface area is 128 Å². The number of anilines is 1. The minimum Gasteiger partial charge on any atom is -0.301 e. The first-order chi connectivity index (χ1) is 9.78. The van der Waals surface area contributed by atoms with Gasteiger partial charge in [0.2, 0.25) is 0 Å². The van der Waals surface area contributed by atoms with Crippen LogP contribution in [0.2, 0.25) is 5.02 Å². The van der Waals surface area contributed by atoms with Crippen LogP contribution < -0.4 is 10.4 Å². The maximum Gasteiger partial charge on any atom is 0.0663 e. The van der Waals surface area contributed by atoms with Crippen molar-refractivity contribution in [3.63, 3.8) is 0 Å². The van der Waals surface area contributed by atoms with E-state index < -0.39 is 0 Å². The van der Waals surface area contributed by atoms with Gasteiger partial charge in [-0.3, -0.25) is 5.01 Å². The zero-order valence-electron chi connectivity index (χ0n) is 10.8. The number of nitrogens with zero attached hydrogens (tertiary/aromatic N) is 1. The fraction of sp³-hybridized carbons (Fsp3) is 0.125. The number of allylic oxidation sites excluding steroid dienone is 1. The SMILES string of the molecule is ClCC1=Cc2c(Cl)cccc2N(Cc2ccccc2)N1. The second-order valence-corrected chi connectivity index (χ2v) is 5.33. The number of alkyl halides is 1. The van der Waals surface area contributed by atoms with Crippen LogP contribution in [-0.2, 0) is 6.54 Å². The van der Waals surface area contributed by atoms with E-state index in [9.17, 15) is 0 Å². The Morgan fingerprint density at radius 3 is 2.55 bits per heavy atom. The summed E-state index contributed by atoms with van der Waals surface area (Å²) in [6, 6.07) is 16.2. The molecule has 2 aromatic rings. The normalized spacial score (nSPS) is 13.5. The molecule has 0 fully saturated rings. The van der Waals surface area contributed by atoms with E-state index in [1.165, 1.54) is 5.56 Å². The minimum absolute atomic E-state index is 0.427. The maximum atomic E-state index is 6.29. The van der Waals surface area contributed by atoms with E-state index in [1.54, 1.807) is 0 Å². The Kier molecular flexibility index (Phi) is 3.86. The second kappa shape index (κ2) is 5.78. The predicted octanol–water partition coefficient (Wildman–Crippen LogP) is 4.44. The van der Waals surface area contributed by atoms with Crippen LogP contribution in [0, 0.1) is 0 Å². The van der Waals surface area contributed by atoms with Gasteiger partial charge in [-0.05, 0) is 23.8 Å². The molecule has 0 unspecified atom stereocenters. The van der Waals surface area contributed by atoms with E-state index in [2.05, 4.69) is 28.6 Å². The summed E-state index contributed by atoms with van der Waals surface area (Å²) in [6.45, 7) is 0.752. The number of hydrogen-bond acceptors (Lipinski definition) is 2. The molecule has 0 atom stereocenters. The van der Waals surface area contributed by atoms with Gasteiger partial charge in [-0.25, -0.2) is 0 Å². The average molecular weight is 305 g/mol. The molecule has 2 nitrogen and oxygen atoms in total. The molecule has 2 aromatic carbocycles. The van der Waals surface area contributed by atoms with Gasteiger partial charge in [-0.2, -0.15) is 0 Å². The first-order valence-electron chi connectivity index (χ1n) is 6.41. The summed E-state index contributed by atoms with van der Waals surface area (Å²) >= 11 is 12.3. The van der Waals surface area contributed by atoms with E-state index in [4.69, 9.17) is 23.2 Å². The van der Waals surface area contributed by atoms with Gasteiger partial charge in [-0.15, -0.1) is 11.6 Å². The quantitative estimate of drug-likeness (QED) is 0.843. The summed E-state index contributed by atoms with van der Waals surface area (Å²) in [6.07, 6.45) is 2.01. The highest BCUT2D eigenvalue weighted by Crippen LogP contribution is 2.32. The van der Waals surface area contributed by atoms with Crippen LogP contribution in [0.25, 0.3) is 6.08 Å². The lowest BCUT2D eigenvalue weighted by atomic mass is 10.1. The minimum atomic E-state index is 0.427. The molecule has 1 heterocycles.